The van der Waals surface area contributed by atoms with Gasteiger partial charge in [-0.25, -0.2) is 0 Å². The molecular formula is C19H19N3O. The third-order valence-electron chi connectivity index (χ3n) is 4.35. The fraction of sp³-hybridized carbons (Fsp3) is 0.263. The summed E-state index contributed by atoms with van der Waals surface area (Å²) in [5, 5.41) is 0. The smallest absolute Gasteiger partial charge is 0.119 e. The molecule has 0 unspecified atom stereocenters. The van der Waals surface area contributed by atoms with E-state index in [1.54, 1.807) is 7.11 Å². The molecule has 116 valence electrons. The third-order valence-corrected chi connectivity index (χ3v) is 4.35. The quantitative estimate of drug-likeness (QED) is 0.745. The molecule has 4 nitrogen and oxygen atoms in total. The summed E-state index contributed by atoms with van der Waals surface area (Å²) < 4.78 is 5.31. The molecule has 1 aliphatic rings. The van der Waals surface area contributed by atoms with Crippen molar-refractivity contribution in [1.82, 2.24) is 14.9 Å². The zero-order valence-corrected chi connectivity index (χ0v) is 13.2. The number of methoxy groups -OCH3 is 1. The Morgan fingerprint density at radius 1 is 1.13 bits per heavy atom. The van der Waals surface area contributed by atoms with Gasteiger partial charge in [0, 0.05) is 37.9 Å². The lowest BCUT2D eigenvalue weighted by molar-refractivity contribution is 0.243. The minimum absolute atomic E-state index is 0.914. The lowest BCUT2D eigenvalue weighted by atomic mass is 10.0. The van der Waals surface area contributed by atoms with Crippen LogP contribution in [0.3, 0.4) is 0 Å². The van der Waals surface area contributed by atoms with Gasteiger partial charge in [0.25, 0.3) is 0 Å². The summed E-state index contributed by atoms with van der Waals surface area (Å²) in [7, 11) is 1.71. The lowest BCUT2D eigenvalue weighted by Gasteiger charge is -2.28. The van der Waals surface area contributed by atoms with Crippen LogP contribution in [0.5, 0.6) is 5.75 Å². The van der Waals surface area contributed by atoms with Crippen LogP contribution in [-0.4, -0.2) is 28.5 Å². The minimum Gasteiger partial charge on any atom is -0.497 e. The van der Waals surface area contributed by atoms with Gasteiger partial charge in [-0.05, 0) is 41.5 Å². The molecule has 0 amide bonds. The zero-order valence-electron chi connectivity index (χ0n) is 13.2. The van der Waals surface area contributed by atoms with Gasteiger partial charge in [0.2, 0.25) is 0 Å². The Kier molecular flexibility index (Phi) is 3.67. The number of aromatic nitrogens is 2. The number of hydrogen-bond donors (Lipinski definition) is 0. The SMILES string of the molecule is COc1cccc(CN2CCc3nc4cccnc4cc3C2)c1. The summed E-state index contributed by atoms with van der Waals surface area (Å²) in [6, 6.07) is 14.5. The van der Waals surface area contributed by atoms with E-state index in [4.69, 9.17) is 9.72 Å². The van der Waals surface area contributed by atoms with Crippen molar-refractivity contribution >= 4 is 11.0 Å². The number of ether oxygens (including phenoxy) is 1. The van der Waals surface area contributed by atoms with Crippen molar-refractivity contribution in [1.29, 1.82) is 0 Å². The van der Waals surface area contributed by atoms with Crippen molar-refractivity contribution in [3.63, 3.8) is 0 Å². The second-order valence-corrected chi connectivity index (χ2v) is 5.95. The highest BCUT2D eigenvalue weighted by atomic mass is 16.5. The highest BCUT2D eigenvalue weighted by Gasteiger charge is 2.18. The Labute approximate surface area is 135 Å². The fourth-order valence-corrected chi connectivity index (χ4v) is 3.18. The molecule has 0 saturated carbocycles. The van der Waals surface area contributed by atoms with Crippen LogP contribution < -0.4 is 4.74 Å². The molecule has 23 heavy (non-hydrogen) atoms. The molecule has 0 radical (unpaired) electrons. The second-order valence-electron chi connectivity index (χ2n) is 5.95. The number of benzene rings is 1. The lowest BCUT2D eigenvalue weighted by Crippen LogP contribution is -2.30. The fourth-order valence-electron chi connectivity index (χ4n) is 3.18. The zero-order chi connectivity index (χ0) is 15.6. The summed E-state index contributed by atoms with van der Waals surface area (Å²) in [6.45, 7) is 2.88. The van der Waals surface area contributed by atoms with Crippen molar-refractivity contribution in [3.8, 4) is 5.75 Å². The maximum atomic E-state index is 5.31. The number of rotatable bonds is 3. The minimum atomic E-state index is 0.914. The second kappa shape index (κ2) is 5.97. The number of hydrogen-bond acceptors (Lipinski definition) is 4. The third kappa shape index (κ3) is 2.90. The van der Waals surface area contributed by atoms with Gasteiger partial charge in [0.05, 0.1) is 18.1 Å². The first kappa shape index (κ1) is 14.2. The highest BCUT2D eigenvalue weighted by Crippen LogP contribution is 2.23. The van der Waals surface area contributed by atoms with E-state index in [1.165, 1.54) is 16.8 Å². The van der Waals surface area contributed by atoms with E-state index >= 15 is 0 Å². The summed E-state index contributed by atoms with van der Waals surface area (Å²) >= 11 is 0. The molecule has 0 bridgehead atoms. The topological polar surface area (TPSA) is 38.2 Å². The van der Waals surface area contributed by atoms with Crippen LogP contribution >= 0.6 is 0 Å². The molecule has 3 heterocycles. The summed E-state index contributed by atoms with van der Waals surface area (Å²) in [4.78, 5) is 11.7. The van der Waals surface area contributed by atoms with E-state index < -0.39 is 0 Å². The molecular weight excluding hydrogens is 286 g/mol. The molecule has 0 spiro atoms. The largest absolute Gasteiger partial charge is 0.497 e. The van der Waals surface area contributed by atoms with Gasteiger partial charge in [-0.15, -0.1) is 0 Å². The number of fused-ring (bicyclic) bond motifs is 2. The molecule has 2 aromatic heterocycles. The average Bonchev–Trinajstić information content (AvgIpc) is 2.60. The van der Waals surface area contributed by atoms with Gasteiger partial charge in [0.1, 0.15) is 5.75 Å². The van der Waals surface area contributed by atoms with Crippen LogP contribution in [0.1, 0.15) is 16.8 Å². The van der Waals surface area contributed by atoms with E-state index in [0.29, 0.717) is 0 Å². The van der Waals surface area contributed by atoms with Crippen LogP contribution in [0.15, 0.2) is 48.7 Å². The van der Waals surface area contributed by atoms with Crippen molar-refractivity contribution in [3.05, 3.63) is 65.5 Å². The van der Waals surface area contributed by atoms with Gasteiger partial charge in [-0.1, -0.05) is 12.1 Å². The molecule has 4 rings (SSSR count). The molecule has 0 saturated heterocycles. The maximum Gasteiger partial charge on any atom is 0.119 e. The number of pyridine rings is 2. The summed E-state index contributed by atoms with van der Waals surface area (Å²) in [5.74, 6) is 0.914. The first-order valence-corrected chi connectivity index (χ1v) is 7.90. The van der Waals surface area contributed by atoms with Gasteiger partial charge >= 0.3 is 0 Å². The standard InChI is InChI=1S/C19H19N3O/c1-23-16-5-2-4-14(10-16)12-22-9-7-17-15(13-22)11-19-18(21-17)6-3-8-20-19/h2-6,8,10-11H,7,9,12-13H2,1H3. The Hall–Kier alpha value is -2.46. The molecule has 0 fully saturated rings. The summed E-state index contributed by atoms with van der Waals surface area (Å²) in [6.07, 6.45) is 2.82. The first-order valence-electron chi connectivity index (χ1n) is 7.90. The van der Waals surface area contributed by atoms with E-state index in [-0.39, 0.29) is 0 Å². The van der Waals surface area contributed by atoms with Gasteiger partial charge in [-0.3, -0.25) is 14.9 Å². The van der Waals surface area contributed by atoms with Gasteiger partial charge in [0.15, 0.2) is 0 Å². The monoisotopic (exact) mass is 305 g/mol. The van der Waals surface area contributed by atoms with Crippen molar-refractivity contribution in [2.75, 3.05) is 13.7 Å². The molecule has 0 atom stereocenters. The average molecular weight is 305 g/mol. The highest BCUT2D eigenvalue weighted by molar-refractivity contribution is 5.74. The first-order chi connectivity index (χ1) is 11.3. The Bertz CT molecular complexity index is 847. The van der Waals surface area contributed by atoms with Crippen LogP contribution in [0.25, 0.3) is 11.0 Å². The van der Waals surface area contributed by atoms with Crippen molar-refractivity contribution in [2.24, 2.45) is 0 Å². The summed E-state index contributed by atoms with van der Waals surface area (Å²) in [5.41, 5.74) is 5.76. The van der Waals surface area contributed by atoms with Crippen LogP contribution in [-0.2, 0) is 19.5 Å². The van der Waals surface area contributed by atoms with Gasteiger partial charge in [-0.2, -0.15) is 0 Å². The van der Waals surface area contributed by atoms with Crippen LogP contribution in [0.4, 0.5) is 0 Å². The molecule has 1 aromatic carbocycles. The van der Waals surface area contributed by atoms with Crippen molar-refractivity contribution < 1.29 is 4.74 Å². The Morgan fingerprint density at radius 3 is 3.00 bits per heavy atom. The van der Waals surface area contributed by atoms with E-state index in [9.17, 15) is 0 Å². The van der Waals surface area contributed by atoms with Crippen molar-refractivity contribution in [2.45, 2.75) is 19.5 Å². The Balaban J connectivity index is 1.57. The van der Waals surface area contributed by atoms with E-state index in [0.717, 1.165) is 42.8 Å². The van der Waals surface area contributed by atoms with Crippen LogP contribution in [0.2, 0.25) is 0 Å². The normalized spacial score (nSPS) is 14.7. The van der Waals surface area contributed by atoms with Crippen LogP contribution in [0, 0.1) is 0 Å². The molecule has 1 aliphatic heterocycles. The maximum absolute atomic E-state index is 5.31. The molecule has 4 heteroatoms. The predicted molar refractivity (Wildman–Crippen MR) is 90.4 cm³/mol. The molecule has 3 aromatic rings. The molecule has 0 N–H and O–H groups in total. The van der Waals surface area contributed by atoms with Gasteiger partial charge < -0.3 is 4.74 Å². The van der Waals surface area contributed by atoms with E-state index in [2.05, 4.69) is 28.1 Å². The number of nitrogens with zero attached hydrogens (tertiary/aromatic N) is 3. The Morgan fingerprint density at radius 2 is 2.09 bits per heavy atom. The van der Waals surface area contributed by atoms with E-state index in [1.807, 2.05) is 30.5 Å². The molecule has 0 aliphatic carbocycles. The predicted octanol–water partition coefficient (Wildman–Crippen LogP) is 3.20.